The van der Waals surface area contributed by atoms with Crippen LogP contribution in [0.4, 0.5) is 0 Å². The largest absolute Gasteiger partial charge is 0.357 e. The lowest BCUT2D eigenvalue weighted by atomic mass is 9.85. The van der Waals surface area contributed by atoms with Crippen LogP contribution >= 0.6 is 0 Å². The summed E-state index contributed by atoms with van der Waals surface area (Å²) >= 11 is 0. The molecule has 0 bridgehead atoms. The molecule has 7 heteroatoms. The Kier molecular flexibility index (Phi) is 8.70. The Morgan fingerprint density at radius 2 is 1.86 bits per heavy atom. The highest BCUT2D eigenvalue weighted by Gasteiger charge is 2.34. The highest BCUT2D eigenvalue weighted by molar-refractivity contribution is 5.89. The van der Waals surface area contributed by atoms with Gasteiger partial charge < -0.3 is 10.6 Å². The van der Waals surface area contributed by atoms with Crippen LogP contribution in [0.15, 0.2) is 0 Å². The molecule has 1 unspecified atom stereocenters. The van der Waals surface area contributed by atoms with Crippen LogP contribution in [0, 0.1) is 11.3 Å². The number of nitrogens with zero attached hydrogens (tertiary/aromatic N) is 1. The average Bonchev–Trinajstić information content (AvgIpc) is 2.46. The number of hydrogen-bond donors (Lipinski definition) is 3. The summed E-state index contributed by atoms with van der Waals surface area (Å²) in [7, 11) is 1.52. The second-order valence-electron chi connectivity index (χ2n) is 6.49. The van der Waals surface area contributed by atoms with Crippen molar-refractivity contribution in [2.45, 2.75) is 53.0 Å². The molecule has 128 valence electrons. The predicted octanol–water partition coefficient (Wildman–Crippen LogP) is 0.917. The fourth-order valence-corrected chi connectivity index (χ4v) is 2.10. The maximum Gasteiger partial charge on any atom is 0.242 e. The van der Waals surface area contributed by atoms with Crippen LogP contribution in [0.3, 0.4) is 0 Å². The van der Waals surface area contributed by atoms with E-state index in [1.54, 1.807) is 0 Å². The fourth-order valence-electron chi connectivity index (χ4n) is 2.10. The molecule has 7 nitrogen and oxygen atoms in total. The molecule has 2 atom stereocenters. The van der Waals surface area contributed by atoms with Crippen molar-refractivity contribution in [3.8, 4) is 0 Å². The second-order valence-corrected chi connectivity index (χ2v) is 6.49. The van der Waals surface area contributed by atoms with E-state index in [4.69, 9.17) is 0 Å². The maximum absolute atomic E-state index is 12.4. The Morgan fingerprint density at radius 3 is 2.27 bits per heavy atom. The molecule has 0 aromatic heterocycles. The van der Waals surface area contributed by atoms with Gasteiger partial charge in [0.15, 0.2) is 0 Å². The van der Waals surface area contributed by atoms with Gasteiger partial charge in [0.25, 0.3) is 0 Å². The van der Waals surface area contributed by atoms with Gasteiger partial charge in [-0.2, -0.15) is 0 Å². The first-order valence-electron chi connectivity index (χ1n) is 7.60. The maximum atomic E-state index is 12.4. The van der Waals surface area contributed by atoms with Crippen LogP contribution < -0.4 is 10.6 Å². The van der Waals surface area contributed by atoms with Crippen LogP contribution in [0.1, 0.15) is 47.0 Å². The standard InChI is InChI=1S/C15H29N3O4/c1-6-7-8-11(9-18(22)10-19)13(20)17-12(14(21)16-5)15(2,3)4/h10-12,22H,6-9H2,1-5H3,(H,16,21)(H,17,20)/t11?,12-/m1/s1. The number of nitrogens with one attached hydrogen (secondary N) is 2. The minimum Gasteiger partial charge on any atom is -0.357 e. The number of hydroxylamine groups is 2. The van der Waals surface area contributed by atoms with Gasteiger partial charge in [0.2, 0.25) is 18.2 Å². The highest BCUT2D eigenvalue weighted by Crippen LogP contribution is 2.20. The summed E-state index contributed by atoms with van der Waals surface area (Å²) < 4.78 is 0. The lowest BCUT2D eigenvalue weighted by Crippen LogP contribution is -2.54. The zero-order valence-corrected chi connectivity index (χ0v) is 14.2. The van der Waals surface area contributed by atoms with Gasteiger partial charge in [-0.1, -0.05) is 40.5 Å². The highest BCUT2D eigenvalue weighted by atomic mass is 16.5. The molecule has 22 heavy (non-hydrogen) atoms. The lowest BCUT2D eigenvalue weighted by molar-refractivity contribution is -0.155. The van der Waals surface area contributed by atoms with Crippen molar-refractivity contribution in [3.05, 3.63) is 0 Å². The van der Waals surface area contributed by atoms with Crippen LogP contribution in [0.2, 0.25) is 0 Å². The zero-order chi connectivity index (χ0) is 17.3. The number of unbranched alkanes of at least 4 members (excludes halogenated alkanes) is 1. The number of likely N-dealkylation sites (N-methyl/N-ethyl adjacent to an activating group) is 1. The fraction of sp³-hybridized carbons (Fsp3) is 0.800. The molecule has 0 aliphatic carbocycles. The third kappa shape index (κ3) is 6.89. The molecule has 0 aliphatic rings. The van der Waals surface area contributed by atoms with E-state index >= 15 is 0 Å². The van der Waals surface area contributed by atoms with E-state index in [0.29, 0.717) is 11.5 Å². The summed E-state index contributed by atoms with van der Waals surface area (Å²) in [4.78, 5) is 35.0. The van der Waals surface area contributed by atoms with Crippen molar-refractivity contribution in [1.82, 2.24) is 15.7 Å². The number of rotatable bonds is 9. The first-order chi connectivity index (χ1) is 10.2. The Balaban J connectivity index is 5.02. The Hall–Kier alpha value is -1.63. The van der Waals surface area contributed by atoms with Crippen molar-refractivity contribution in [2.24, 2.45) is 11.3 Å². The van der Waals surface area contributed by atoms with E-state index < -0.39 is 17.4 Å². The average molecular weight is 315 g/mol. The summed E-state index contributed by atoms with van der Waals surface area (Å²) in [5.74, 6) is -1.16. The summed E-state index contributed by atoms with van der Waals surface area (Å²) in [6.07, 6.45) is 2.50. The van der Waals surface area contributed by atoms with E-state index in [-0.39, 0.29) is 24.8 Å². The number of carbonyl (C=O) groups excluding carboxylic acids is 3. The first-order valence-corrected chi connectivity index (χ1v) is 7.60. The summed E-state index contributed by atoms with van der Waals surface area (Å²) in [6, 6.07) is -0.683. The van der Waals surface area contributed by atoms with E-state index in [1.807, 2.05) is 27.7 Å². The van der Waals surface area contributed by atoms with Crippen molar-refractivity contribution in [2.75, 3.05) is 13.6 Å². The van der Waals surface area contributed by atoms with Crippen LogP contribution in [0.5, 0.6) is 0 Å². The van der Waals surface area contributed by atoms with Crippen LogP contribution in [0.25, 0.3) is 0 Å². The number of hydrogen-bond acceptors (Lipinski definition) is 4. The monoisotopic (exact) mass is 315 g/mol. The molecular weight excluding hydrogens is 286 g/mol. The molecule has 0 heterocycles. The Morgan fingerprint density at radius 1 is 1.27 bits per heavy atom. The molecule has 3 N–H and O–H groups in total. The van der Waals surface area contributed by atoms with E-state index in [2.05, 4.69) is 10.6 Å². The third-order valence-electron chi connectivity index (χ3n) is 3.47. The molecule has 0 aliphatic heterocycles. The summed E-state index contributed by atoms with van der Waals surface area (Å²) in [5.41, 5.74) is -0.450. The zero-order valence-electron chi connectivity index (χ0n) is 14.2. The molecule has 0 spiro atoms. The normalized spacial score (nSPS) is 13.9. The van der Waals surface area contributed by atoms with Gasteiger partial charge in [0, 0.05) is 7.05 Å². The summed E-state index contributed by atoms with van der Waals surface area (Å²) in [5, 5.41) is 15.1. The van der Waals surface area contributed by atoms with Gasteiger partial charge in [-0.3, -0.25) is 19.6 Å². The van der Waals surface area contributed by atoms with E-state index in [9.17, 15) is 19.6 Å². The van der Waals surface area contributed by atoms with Gasteiger partial charge in [-0.15, -0.1) is 0 Å². The van der Waals surface area contributed by atoms with Crippen LogP contribution in [-0.2, 0) is 14.4 Å². The minimum absolute atomic E-state index is 0.0834. The van der Waals surface area contributed by atoms with E-state index in [0.717, 1.165) is 12.8 Å². The molecule has 0 saturated heterocycles. The molecule has 0 fully saturated rings. The topological polar surface area (TPSA) is 98.7 Å². The number of carbonyl (C=O) groups is 3. The molecule has 0 saturated carbocycles. The molecule has 3 amide bonds. The summed E-state index contributed by atoms with van der Waals surface area (Å²) in [6.45, 7) is 7.49. The van der Waals surface area contributed by atoms with Gasteiger partial charge in [0.05, 0.1) is 12.5 Å². The van der Waals surface area contributed by atoms with Gasteiger partial charge in [-0.25, -0.2) is 5.06 Å². The van der Waals surface area contributed by atoms with Gasteiger partial charge in [-0.05, 0) is 11.8 Å². The quantitative estimate of drug-likeness (QED) is 0.335. The molecule has 0 aromatic carbocycles. The molecule has 0 radical (unpaired) electrons. The second kappa shape index (κ2) is 9.40. The minimum atomic E-state index is -0.683. The van der Waals surface area contributed by atoms with E-state index in [1.165, 1.54) is 7.05 Å². The van der Waals surface area contributed by atoms with Crippen LogP contribution in [-0.4, -0.2) is 48.1 Å². The van der Waals surface area contributed by atoms with Crippen molar-refractivity contribution < 1.29 is 19.6 Å². The van der Waals surface area contributed by atoms with Gasteiger partial charge >= 0.3 is 0 Å². The third-order valence-corrected chi connectivity index (χ3v) is 3.47. The SMILES string of the molecule is CCCCC(CN(O)C=O)C(=O)N[C@H](C(=O)NC)C(C)(C)C. The van der Waals surface area contributed by atoms with Gasteiger partial charge in [0.1, 0.15) is 6.04 Å². The molecular formula is C15H29N3O4. The van der Waals surface area contributed by atoms with Crippen molar-refractivity contribution in [3.63, 3.8) is 0 Å². The predicted molar refractivity (Wildman–Crippen MR) is 83.0 cm³/mol. The Labute approximate surface area is 132 Å². The van der Waals surface area contributed by atoms with Crippen molar-refractivity contribution in [1.29, 1.82) is 0 Å². The first kappa shape index (κ1) is 20.4. The number of amides is 3. The molecule has 0 aromatic rings. The lowest BCUT2D eigenvalue weighted by Gasteiger charge is -2.31. The smallest absolute Gasteiger partial charge is 0.242 e. The molecule has 0 rings (SSSR count). The van der Waals surface area contributed by atoms with Crippen molar-refractivity contribution >= 4 is 18.2 Å². The Bertz CT molecular complexity index is 379.